The Balaban J connectivity index is 3.87. The van der Waals surface area contributed by atoms with Crippen LogP contribution in [0.15, 0.2) is 0 Å². The maximum absolute atomic E-state index is 11.2. The van der Waals surface area contributed by atoms with Crippen molar-refractivity contribution in [2.75, 3.05) is 13.2 Å². The fraction of sp³-hybridized carbons (Fsp3) is 0.444. The Kier molecular flexibility index (Phi) is 6.69. The Labute approximate surface area is 97.5 Å². The SMILES string of the molecule is C#CCC(NC(=O)NCCOC(N)=O)C(=O)O. The molecule has 0 heterocycles. The molecule has 1 atom stereocenters. The van der Waals surface area contributed by atoms with Crippen LogP contribution in [0.4, 0.5) is 9.59 Å². The van der Waals surface area contributed by atoms with Crippen LogP contribution < -0.4 is 16.4 Å². The molecule has 0 aliphatic carbocycles. The van der Waals surface area contributed by atoms with Crippen LogP contribution in [0, 0.1) is 12.3 Å². The van der Waals surface area contributed by atoms with Gasteiger partial charge in [-0.25, -0.2) is 14.4 Å². The van der Waals surface area contributed by atoms with Crippen molar-refractivity contribution >= 4 is 18.1 Å². The summed E-state index contributed by atoms with van der Waals surface area (Å²) in [5.41, 5.74) is 4.68. The number of nitrogens with two attached hydrogens (primary N) is 1. The first kappa shape index (κ1) is 14.6. The summed E-state index contributed by atoms with van der Waals surface area (Å²) < 4.78 is 4.34. The fourth-order valence-electron chi connectivity index (χ4n) is 0.843. The van der Waals surface area contributed by atoms with Crippen molar-refractivity contribution in [1.82, 2.24) is 10.6 Å². The van der Waals surface area contributed by atoms with Gasteiger partial charge in [0.15, 0.2) is 0 Å². The van der Waals surface area contributed by atoms with Crippen LogP contribution in [0.3, 0.4) is 0 Å². The van der Waals surface area contributed by atoms with Gasteiger partial charge in [0.1, 0.15) is 12.6 Å². The summed E-state index contributed by atoms with van der Waals surface area (Å²) >= 11 is 0. The molecule has 0 saturated heterocycles. The molecule has 8 nitrogen and oxygen atoms in total. The Morgan fingerprint density at radius 1 is 1.47 bits per heavy atom. The van der Waals surface area contributed by atoms with Gasteiger partial charge in [0, 0.05) is 6.42 Å². The van der Waals surface area contributed by atoms with Gasteiger partial charge in [-0.2, -0.15) is 0 Å². The number of primary amides is 1. The van der Waals surface area contributed by atoms with E-state index in [1.165, 1.54) is 0 Å². The van der Waals surface area contributed by atoms with E-state index in [4.69, 9.17) is 11.5 Å². The van der Waals surface area contributed by atoms with Crippen molar-refractivity contribution in [1.29, 1.82) is 0 Å². The van der Waals surface area contributed by atoms with Crippen LogP contribution in [0.2, 0.25) is 0 Å². The lowest BCUT2D eigenvalue weighted by Crippen LogP contribution is -2.46. The van der Waals surface area contributed by atoms with Crippen LogP contribution in [0.5, 0.6) is 0 Å². The normalized spacial score (nSPS) is 10.8. The topological polar surface area (TPSA) is 131 Å². The molecule has 17 heavy (non-hydrogen) atoms. The third kappa shape index (κ3) is 7.49. The molecule has 3 amide bonds. The van der Waals surface area contributed by atoms with E-state index in [1.807, 2.05) is 0 Å². The number of urea groups is 1. The standard InChI is InChI=1S/C9H13N3O5/c1-2-3-6(7(13)14)12-9(16)11-4-5-17-8(10)15/h1,6H,3-5H2,(H2,10,15)(H,13,14)(H2,11,12,16). The zero-order valence-electron chi connectivity index (χ0n) is 8.93. The lowest BCUT2D eigenvalue weighted by atomic mass is 10.2. The van der Waals surface area contributed by atoms with Crippen molar-refractivity contribution in [2.45, 2.75) is 12.5 Å². The highest BCUT2D eigenvalue weighted by atomic mass is 16.5. The summed E-state index contributed by atoms with van der Waals surface area (Å²) in [6, 6.07) is -1.88. The zero-order valence-corrected chi connectivity index (χ0v) is 8.93. The molecule has 0 aromatic carbocycles. The van der Waals surface area contributed by atoms with E-state index in [-0.39, 0.29) is 19.6 Å². The summed E-state index contributed by atoms with van der Waals surface area (Å²) in [7, 11) is 0. The molecule has 0 saturated carbocycles. The summed E-state index contributed by atoms with van der Waals surface area (Å²) in [5, 5.41) is 13.1. The second-order valence-electron chi connectivity index (χ2n) is 2.87. The number of aliphatic carboxylic acids is 1. The first-order chi connectivity index (χ1) is 7.97. The molecule has 0 fully saturated rings. The first-order valence-corrected chi connectivity index (χ1v) is 4.60. The van der Waals surface area contributed by atoms with Crippen LogP contribution in [0.25, 0.3) is 0 Å². The van der Waals surface area contributed by atoms with Gasteiger partial charge in [-0.05, 0) is 0 Å². The van der Waals surface area contributed by atoms with Crippen molar-refractivity contribution in [2.24, 2.45) is 5.73 Å². The molecule has 0 rings (SSSR count). The molecule has 0 radical (unpaired) electrons. The summed E-state index contributed by atoms with van der Waals surface area (Å²) in [6.07, 6.45) is 3.86. The van der Waals surface area contributed by atoms with Gasteiger partial charge in [0.2, 0.25) is 0 Å². The predicted molar refractivity (Wildman–Crippen MR) is 56.9 cm³/mol. The molecule has 0 aromatic rings. The Bertz CT molecular complexity index is 336. The van der Waals surface area contributed by atoms with Gasteiger partial charge in [-0.15, -0.1) is 12.3 Å². The van der Waals surface area contributed by atoms with Gasteiger partial charge in [-0.3, -0.25) is 0 Å². The van der Waals surface area contributed by atoms with Crippen molar-refractivity contribution in [3.63, 3.8) is 0 Å². The van der Waals surface area contributed by atoms with E-state index in [2.05, 4.69) is 27.0 Å². The minimum absolute atomic E-state index is 0.0111. The molecule has 0 aliphatic rings. The van der Waals surface area contributed by atoms with E-state index < -0.39 is 24.1 Å². The third-order valence-corrected chi connectivity index (χ3v) is 1.56. The number of carboxylic acid groups (broad SMARTS) is 1. The minimum atomic E-state index is -1.23. The maximum atomic E-state index is 11.2. The van der Waals surface area contributed by atoms with E-state index in [0.717, 1.165) is 0 Å². The van der Waals surface area contributed by atoms with Gasteiger partial charge in [0.05, 0.1) is 6.54 Å². The second-order valence-corrected chi connectivity index (χ2v) is 2.87. The highest BCUT2D eigenvalue weighted by Crippen LogP contribution is 1.90. The number of nitrogens with one attached hydrogen (secondary N) is 2. The van der Waals surface area contributed by atoms with Crippen LogP contribution in [-0.2, 0) is 9.53 Å². The summed E-state index contributed by atoms with van der Waals surface area (Å²) in [4.78, 5) is 31.9. The largest absolute Gasteiger partial charge is 0.480 e. The quantitative estimate of drug-likeness (QED) is 0.346. The number of hydrogen-bond acceptors (Lipinski definition) is 4. The summed E-state index contributed by atoms with van der Waals surface area (Å²) in [6.45, 7) is -0.0905. The molecular weight excluding hydrogens is 230 g/mol. The second kappa shape index (κ2) is 7.81. The monoisotopic (exact) mass is 243 g/mol. The first-order valence-electron chi connectivity index (χ1n) is 4.60. The Morgan fingerprint density at radius 2 is 2.12 bits per heavy atom. The molecule has 0 spiro atoms. The fourth-order valence-corrected chi connectivity index (χ4v) is 0.843. The smallest absolute Gasteiger partial charge is 0.404 e. The number of terminal acetylenes is 1. The van der Waals surface area contributed by atoms with Crippen molar-refractivity contribution in [3.05, 3.63) is 0 Å². The molecule has 5 N–H and O–H groups in total. The van der Waals surface area contributed by atoms with Crippen LogP contribution in [0.1, 0.15) is 6.42 Å². The van der Waals surface area contributed by atoms with E-state index in [1.54, 1.807) is 0 Å². The average molecular weight is 243 g/mol. The van der Waals surface area contributed by atoms with Crippen LogP contribution in [-0.4, -0.2) is 42.4 Å². The number of carboxylic acids is 1. The molecule has 8 heteroatoms. The van der Waals surface area contributed by atoms with Gasteiger partial charge >= 0.3 is 18.1 Å². The maximum Gasteiger partial charge on any atom is 0.404 e. The lowest BCUT2D eigenvalue weighted by Gasteiger charge is -2.12. The van der Waals surface area contributed by atoms with Crippen LogP contribution >= 0.6 is 0 Å². The van der Waals surface area contributed by atoms with E-state index >= 15 is 0 Å². The molecule has 94 valence electrons. The van der Waals surface area contributed by atoms with Crippen molar-refractivity contribution < 1.29 is 24.2 Å². The number of carbonyl (C=O) groups is 3. The summed E-state index contributed by atoms with van der Waals surface area (Å²) in [5.74, 6) is 0.897. The lowest BCUT2D eigenvalue weighted by molar-refractivity contribution is -0.139. The Morgan fingerprint density at radius 3 is 2.59 bits per heavy atom. The third-order valence-electron chi connectivity index (χ3n) is 1.56. The molecule has 0 aromatic heterocycles. The predicted octanol–water partition coefficient (Wildman–Crippen LogP) is -1.14. The van der Waals surface area contributed by atoms with E-state index in [0.29, 0.717) is 0 Å². The molecule has 1 unspecified atom stereocenters. The van der Waals surface area contributed by atoms with Gasteiger partial charge < -0.3 is 26.2 Å². The number of carbonyl (C=O) groups excluding carboxylic acids is 2. The average Bonchev–Trinajstić information content (AvgIpc) is 2.23. The zero-order chi connectivity index (χ0) is 13.3. The van der Waals surface area contributed by atoms with E-state index in [9.17, 15) is 14.4 Å². The number of rotatable bonds is 6. The number of amides is 3. The van der Waals surface area contributed by atoms with Gasteiger partial charge in [0.25, 0.3) is 0 Å². The minimum Gasteiger partial charge on any atom is -0.480 e. The van der Waals surface area contributed by atoms with Gasteiger partial charge in [-0.1, -0.05) is 0 Å². The number of ether oxygens (including phenoxy) is 1. The Hall–Kier alpha value is -2.43. The molecule has 0 bridgehead atoms. The highest BCUT2D eigenvalue weighted by Gasteiger charge is 2.18. The number of hydrogen-bond donors (Lipinski definition) is 4. The van der Waals surface area contributed by atoms with Crippen molar-refractivity contribution in [3.8, 4) is 12.3 Å². The highest BCUT2D eigenvalue weighted by molar-refractivity contribution is 5.82. The molecule has 0 aliphatic heterocycles. The molecular formula is C9H13N3O5.